The molecule has 1 aliphatic rings. The second-order valence-electron chi connectivity index (χ2n) is 6.53. The van der Waals surface area contributed by atoms with Gasteiger partial charge in [0, 0.05) is 12.1 Å². The molecule has 126 valence electrons. The summed E-state index contributed by atoms with van der Waals surface area (Å²) in [6.45, 7) is 3.05. The van der Waals surface area contributed by atoms with Crippen molar-refractivity contribution in [2.75, 3.05) is 5.32 Å². The summed E-state index contributed by atoms with van der Waals surface area (Å²) in [5.41, 5.74) is 0.206. The quantitative estimate of drug-likeness (QED) is 0.882. The van der Waals surface area contributed by atoms with Gasteiger partial charge in [-0.2, -0.15) is 5.10 Å². The van der Waals surface area contributed by atoms with Crippen molar-refractivity contribution in [3.8, 4) is 0 Å². The van der Waals surface area contributed by atoms with E-state index in [2.05, 4.69) is 10.4 Å². The van der Waals surface area contributed by atoms with Crippen LogP contribution in [0.25, 0.3) is 0 Å². The maximum Gasteiger partial charge on any atom is 0.331 e. The van der Waals surface area contributed by atoms with Gasteiger partial charge >= 0.3 is 5.97 Å². The molecule has 1 heterocycles. The van der Waals surface area contributed by atoms with Crippen molar-refractivity contribution >= 4 is 17.6 Å². The molecule has 0 aliphatic heterocycles. The van der Waals surface area contributed by atoms with Crippen LogP contribution in [0.4, 0.5) is 10.1 Å². The predicted octanol–water partition coefficient (Wildman–Crippen LogP) is 2.58. The van der Waals surface area contributed by atoms with E-state index in [-0.39, 0.29) is 23.6 Å². The lowest BCUT2D eigenvalue weighted by Gasteiger charge is -2.19. The van der Waals surface area contributed by atoms with Crippen LogP contribution in [0.5, 0.6) is 0 Å². The van der Waals surface area contributed by atoms with Crippen LogP contribution in [0.3, 0.4) is 0 Å². The highest BCUT2D eigenvalue weighted by atomic mass is 19.1. The second kappa shape index (κ2) is 5.74. The fraction of sp³-hybridized carbons (Fsp3) is 0.353. The normalized spacial score (nSPS) is 19.8. The number of anilines is 1. The van der Waals surface area contributed by atoms with Crippen molar-refractivity contribution in [2.24, 2.45) is 5.92 Å². The molecular weight excluding hydrogens is 313 g/mol. The van der Waals surface area contributed by atoms with E-state index in [4.69, 9.17) is 0 Å². The number of hydrogen-bond acceptors (Lipinski definition) is 3. The molecule has 2 unspecified atom stereocenters. The Labute approximate surface area is 138 Å². The van der Waals surface area contributed by atoms with Crippen LogP contribution in [-0.2, 0) is 15.1 Å². The number of amides is 1. The van der Waals surface area contributed by atoms with Crippen LogP contribution in [0.15, 0.2) is 36.7 Å². The molecule has 1 saturated carbocycles. The third kappa shape index (κ3) is 3.02. The minimum absolute atomic E-state index is 0.0936. The van der Waals surface area contributed by atoms with Crippen LogP contribution in [-0.4, -0.2) is 26.8 Å². The van der Waals surface area contributed by atoms with Crippen molar-refractivity contribution < 1.29 is 19.1 Å². The number of carbonyl (C=O) groups excluding carboxylic acids is 1. The maximum atomic E-state index is 12.9. The first-order valence-electron chi connectivity index (χ1n) is 7.64. The smallest absolute Gasteiger partial charge is 0.331 e. The number of rotatable bonds is 5. The van der Waals surface area contributed by atoms with Crippen molar-refractivity contribution in [1.82, 2.24) is 9.78 Å². The summed E-state index contributed by atoms with van der Waals surface area (Å²) >= 11 is 0. The Morgan fingerprint density at radius 1 is 1.33 bits per heavy atom. The summed E-state index contributed by atoms with van der Waals surface area (Å²) in [7, 11) is 0. The largest absolute Gasteiger partial charge is 0.479 e. The van der Waals surface area contributed by atoms with Gasteiger partial charge in [-0.05, 0) is 43.9 Å². The highest BCUT2D eigenvalue weighted by molar-refractivity contribution is 5.95. The van der Waals surface area contributed by atoms with Crippen molar-refractivity contribution in [3.63, 3.8) is 0 Å². The predicted molar refractivity (Wildman–Crippen MR) is 85.1 cm³/mol. The number of aliphatic carboxylic acids is 1. The maximum absolute atomic E-state index is 12.9. The molecule has 1 fully saturated rings. The van der Waals surface area contributed by atoms with E-state index in [1.807, 2.05) is 0 Å². The van der Waals surface area contributed by atoms with E-state index in [0.29, 0.717) is 12.1 Å². The molecule has 1 aromatic carbocycles. The van der Waals surface area contributed by atoms with Crippen LogP contribution in [0, 0.1) is 11.7 Å². The Morgan fingerprint density at radius 2 is 2.00 bits per heavy atom. The Bertz CT molecular complexity index is 783. The standard InChI is InChI=1S/C17H18FN3O3/c1-17(2,16(23)24)21-9-12(8-19-21)20-15(22)14-7-13(14)10-3-5-11(18)6-4-10/h3-6,8-9,13-14H,7H2,1-2H3,(H,20,22)(H,23,24). The lowest BCUT2D eigenvalue weighted by atomic mass is 10.1. The van der Waals surface area contributed by atoms with Crippen molar-refractivity contribution in [1.29, 1.82) is 0 Å². The van der Waals surface area contributed by atoms with Crippen LogP contribution in [0.2, 0.25) is 0 Å². The third-order valence-corrected chi connectivity index (χ3v) is 4.37. The first-order chi connectivity index (χ1) is 11.3. The Kier molecular flexibility index (Phi) is 3.87. The summed E-state index contributed by atoms with van der Waals surface area (Å²) in [6.07, 6.45) is 3.64. The number of carboxylic acid groups (broad SMARTS) is 1. The zero-order chi connectivity index (χ0) is 17.5. The number of benzene rings is 1. The minimum Gasteiger partial charge on any atom is -0.479 e. The molecule has 1 amide bonds. The number of aromatic nitrogens is 2. The first kappa shape index (κ1) is 16.2. The zero-order valence-electron chi connectivity index (χ0n) is 13.4. The van der Waals surface area contributed by atoms with Gasteiger partial charge in [-0.1, -0.05) is 12.1 Å². The van der Waals surface area contributed by atoms with Crippen molar-refractivity contribution in [3.05, 3.63) is 48.0 Å². The Hall–Kier alpha value is -2.70. The minimum atomic E-state index is -1.20. The lowest BCUT2D eigenvalue weighted by molar-refractivity contribution is -0.146. The van der Waals surface area contributed by atoms with Gasteiger partial charge in [0.15, 0.2) is 5.54 Å². The van der Waals surface area contributed by atoms with Crippen LogP contribution in [0.1, 0.15) is 31.7 Å². The molecule has 6 nitrogen and oxygen atoms in total. The van der Waals surface area contributed by atoms with E-state index in [1.165, 1.54) is 43.1 Å². The van der Waals surface area contributed by atoms with E-state index < -0.39 is 11.5 Å². The number of carboxylic acids is 1. The summed E-state index contributed by atoms with van der Waals surface area (Å²) in [5.74, 6) is -1.52. The summed E-state index contributed by atoms with van der Waals surface area (Å²) in [4.78, 5) is 23.5. The molecule has 1 aromatic heterocycles. The van der Waals surface area contributed by atoms with Crippen LogP contribution >= 0.6 is 0 Å². The second-order valence-corrected chi connectivity index (χ2v) is 6.53. The molecule has 0 radical (unpaired) electrons. The van der Waals surface area contributed by atoms with Gasteiger partial charge in [0.25, 0.3) is 0 Å². The molecule has 0 saturated heterocycles. The monoisotopic (exact) mass is 331 g/mol. The molecule has 2 aromatic rings. The molecule has 24 heavy (non-hydrogen) atoms. The number of carbonyl (C=O) groups is 2. The van der Waals surface area contributed by atoms with Gasteiger partial charge in [-0.15, -0.1) is 0 Å². The van der Waals surface area contributed by atoms with E-state index in [0.717, 1.165) is 5.56 Å². The molecule has 1 aliphatic carbocycles. The fourth-order valence-corrected chi connectivity index (χ4v) is 2.59. The van der Waals surface area contributed by atoms with Crippen molar-refractivity contribution in [2.45, 2.75) is 31.7 Å². The summed E-state index contributed by atoms with van der Waals surface area (Å²) in [6, 6.07) is 6.17. The molecule has 3 rings (SSSR count). The highest BCUT2D eigenvalue weighted by Gasteiger charge is 2.44. The number of nitrogens with one attached hydrogen (secondary N) is 1. The lowest BCUT2D eigenvalue weighted by Crippen LogP contribution is -2.35. The molecular formula is C17H18FN3O3. The summed E-state index contributed by atoms with van der Waals surface area (Å²) in [5, 5.41) is 16.0. The number of hydrogen-bond donors (Lipinski definition) is 2. The summed E-state index contributed by atoms with van der Waals surface area (Å²) < 4.78 is 14.2. The number of nitrogens with zero attached hydrogens (tertiary/aromatic N) is 2. The van der Waals surface area contributed by atoms with Gasteiger partial charge in [0.1, 0.15) is 5.82 Å². The van der Waals surface area contributed by atoms with Crippen LogP contribution < -0.4 is 5.32 Å². The average molecular weight is 331 g/mol. The van der Waals surface area contributed by atoms with E-state index in [9.17, 15) is 19.1 Å². The fourth-order valence-electron chi connectivity index (χ4n) is 2.59. The van der Waals surface area contributed by atoms with E-state index in [1.54, 1.807) is 12.1 Å². The average Bonchev–Trinajstić information content (AvgIpc) is 3.19. The first-order valence-corrected chi connectivity index (χ1v) is 7.64. The Balaban J connectivity index is 1.64. The number of halogens is 1. The van der Waals surface area contributed by atoms with Gasteiger partial charge in [-0.3, -0.25) is 9.48 Å². The topological polar surface area (TPSA) is 84.2 Å². The molecule has 7 heteroatoms. The van der Waals surface area contributed by atoms with Gasteiger partial charge in [0.05, 0.1) is 11.9 Å². The molecule has 2 atom stereocenters. The van der Waals surface area contributed by atoms with Gasteiger partial charge in [-0.25, -0.2) is 9.18 Å². The zero-order valence-corrected chi connectivity index (χ0v) is 13.4. The van der Waals surface area contributed by atoms with Gasteiger partial charge in [0.2, 0.25) is 5.91 Å². The molecule has 0 bridgehead atoms. The highest BCUT2D eigenvalue weighted by Crippen LogP contribution is 2.48. The Morgan fingerprint density at radius 3 is 2.62 bits per heavy atom. The molecule has 0 spiro atoms. The molecule has 2 N–H and O–H groups in total. The third-order valence-electron chi connectivity index (χ3n) is 4.37. The SMILES string of the molecule is CC(C)(C(=O)O)n1cc(NC(=O)C2CC2c2ccc(F)cc2)cn1. The van der Waals surface area contributed by atoms with Gasteiger partial charge < -0.3 is 10.4 Å². The van der Waals surface area contributed by atoms with E-state index >= 15 is 0 Å².